The maximum absolute atomic E-state index is 10.7. The maximum atomic E-state index is 10.7. The van der Waals surface area contributed by atoms with Gasteiger partial charge in [-0.3, -0.25) is 4.79 Å². The third-order valence-corrected chi connectivity index (χ3v) is 4.17. The van der Waals surface area contributed by atoms with Crippen LogP contribution in [0.4, 0.5) is 0 Å². The van der Waals surface area contributed by atoms with E-state index in [9.17, 15) is 4.79 Å². The number of hydrogen-bond acceptors (Lipinski definition) is 2. The topological polar surface area (TPSA) is 56.2 Å². The minimum absolute atomic E-state index is 0.490. The molecule has 0 radical (unpaired) electrons. The Hall–Kier alpha value is -1.81. The Morgan fingerprint density at radius 3 is 2.80 bits per heavy atom. The number of carbonyl (C=O) groups excluding carboxylic acids is 1. The lowest BCUT2D eigenvalue weighted by Gasteiger charge is -2.08. The molecule has 1 amide bonds. The lowest BCUT2D eigenvalue weighted by Crippen LogP contribution is -2.04. The number of benzene rings is 1. The molecular weight excluding hydrogens is 318 g/mol. The smallest absolute Gasteiger partial charge is 0.241 e. The van der Waals surface area contributed by atoms with E-state index < -0.39 is 5.91 Å². The molecule has 0 spiro atoms. The molecule has 0 aliphatic carbocycles. The number of amides is 1. The first-order valence-electron chi connectivity index (χ1n) is 6.38. The second-order valence-electron chi connectivity index (χ2n) is 4.56. The molecule has 0 saturated heterocycles. The first kappa shape index (κ1) is 14.6. The van der Waals surface area contributed by atoms with E-state index in [4.69, 9.17) is 10.2 Å². The van der Waals surface area contributed by atoms with Crippen LogP contribution in [0, 0.1) is 6.92 Å². The summed E-state index contributed by atoms with van der Waals surface area (Å²) in [6.07, 6.45) is 3.80. The Morgan fingerprint density at radius 1 is 1.40 bits per heavy atom. The van der Waals surface area contributed by atoms with Crippen LogP contribution in [0.15, 0.2) is 39.2 Å². The fourth-order valence-corrected chi connectivity index (χ4v) is 2.51. The van der Waals surface area contributed by atoms with Crippen molar-refractivity contribution in [2.24, 2.45) is 5.73 Å². The zero-order valence-electron chi connectivity index (χ0n) is 11.4. The first-order valence-corrected chi connectivity index (χ1v) is 7.17. The molecular formula is C16H16BrNO2. The van der Waals surface area contributed by atoms with Crippen LogP contribution in [0.5, 0.6) is 0 Å². The molecule has 0 saturated carbocycles. The van der Waals surface area contributed by atoms with Crippen molar-refractivity contribution in [1.29, 1.82) is 0 Å². The molecule has 104 valence electrons. The molecule has 0 atom stereocenters. The number of aryl methyl sites for hydroxylation is 2. The number of carbonyl (C=O) groups is 1. The SMILES string of the molecule is CCc1cc(-c2ccc(/C=C\C(N)=O)o2)cc(C)c1Br. The molecule has 4 heteroatoms. The van der Waals surface area contributed by atoms with Crippen molar-refractivity contribution < 1.29 is 9.21 Å². The minimum Gasteiger partial charge on any atom is -0.457 e. The molecule has 1 heterocycles. The Labute approximate surface area is 126 Å². The van der Waals surface area contributed by atoms with E-state index in [1.54, 1.807) is 6.08 Å². The summed E-state index contributed by atoms with van der Waals surface area (Å²) in [6.45, 7) is 4.18. The van der Waals surface area contributed by atoms with Gasteiger partial charge in [0, 0.05) is 16.1 Å². The molecule has 1 aromatic carbocycles. The van der Waals surface area contributed by atoms with E-state index in [1.165, 1.54) is 17.2 Å². The summed E-state index contributed by atoms with van der Waals surface area (Å²) in [6, 6.07) is 7.89. The highest BCUT2D eigenvalue weighted by atomic mass is 79.9. The number of primary amides is 1. The minimum atomic E-state index is -0.490. The normalized spacial score (nSPS) is 11.2. The van der Waals surface area contributed by atoms with Crippen molar-refractivity contribution in [2.75, 3.05) is 0 Å². The third kappa shape index (κ3) is 3.20. The largest absolute Gasteiger partial charge is 0.457 e. The molecule has 0 bridgehead atoms. The predicted octanol–water partition coefficient (Wildman–Crippen LogP) is 4.08. The predicted molar refractivity (Wildman–Crippen MR) is 84.2 cm³/mol. The van der Waals surface area contributed by atoms with Gasteiger partial charge >= 0.3 is 0 Å². The van der Waals surface area contributed by atoms with Crippen molar-refractivity contribution in [1.82, 2.24) is 0 Å². The highest BCUT2D eigenvalue weighted by Gasteiger charge is 2.09. The van der Waals surface area contributed by atoms with Gasteiger partial charge in [0.25, 0.3) is 0 Å². The fraction of sp³-hybridized carbons (Fsp3) is 0.188. The van der Waals surface area contributed by atoms with Crippen molar-refractivity contribution in [3.05, 3.63) is 51.7 Å². The van der Waals surface area contributed by atoms with Gasteiger partial charge in [0.1, 0.15) is 11.5 Å². The van der Waals surface area contributed by atoms with Crippen LogP contribution in [0.2, 0.25) is 0 Å². The van der Waals surface area contributed by atoms with Crippen LogP contribution in [0.1, 0.15) is 23.8 Å². The van der Waals surface area contributed by atoms with Crippen molar-refractivity contribution in [3.8, 4) is 11.3 Å². The lowest BCUT2D eigenvalue weighted by atomic mass is 10.0. The molecule has 0 unspecified atom stereocenters. The zero-order valence-corrected chi connectivity index (χ0v) is 13.0. The quantitative estimate of drug-likeness (QED) is 0.857. The van der Waals surface area contributed by atoms with Crippen LogP contribution >= 0.6 is 15.9 Å². The van der Waals surface area contributed by atoms with Gasteiger partial charge in [0.05, 0.1) is 0 Å². The van der Waals surface area contributed by atoms with Crippen LogP contribution < -0.4 is 5.73 Å². The van der Waals surface area contributed by atoms with Gasteiger partial charge in [0.2, 0.25) is 5.91 Å². The van der Waals surface area contributed by atoms with E-state index in [0.717, 1.165) is 22.2 Å². The first-order chi connectivity index (χ1) is 9.51. The monoisotopic (exact) mass is 333 g/mol. The average molecular weight is 334 g/mol. The van der Waals surface area contributed by atoms with E-state index >= 15 is 0 Å². The number of nitrogens with two attached hydrogens (primary N) is 1. The molecule has 2 aromatic rings. The highest BCUT2D eigenvalue weighted by Crippen LogP contribution is 2.30. The summed E-state index contributed by atoms with van der Waals surface area (Å²) in [5.74, 6) is 0.896. The van der Waals surface area contributed by atoms with Crippen LogP contribution in [-0.4, -0.2) is 5.91 Å². The molecule has 20 heavy (non-hydrogen) atoms. The summed E-state index contributed by atoms with van der Waals surface area (Å²) in [5, 5.41) is 0. The van der Waals surface area contributed by atoms with Crippen molar-refractivity contribution in [3.63, 3.8) is 0 Å². The summed E-state index contributed by atoms with van der Waals surface area (Å²) in [4.78, 5) is 10.7. The Bertz CT molecular complexity index is 671. The standard InChI is InChI=1S/C16H16BrNO2/c1-3-11-9-12(8-10(2)16(11)17)14-6-4-13(20-14)5-7-15(18)19/h4-9H,3H2,1-2H3,(H2,18,19)/b7-5-. The van der Waals surface area contributed by atoms with E-state index in [2.05, 4.69) is 41.9 Å². The van der Waals surface area contributed by atoms with E-state index in [1.807, 2.05) is 12.1 Å². The van der Waals surface area contributed by atoms with Crippen LogP contribution in [0.3, 0.4) is 0 Å². The zero-order chi connectivity index (χ0) is 14.7. The van der Waals surface area contributed by atoms with Gasteiger partial charge in [-0.25, -0.2) is 0 Å². The van der Waals surface area contributed by atoms with Crippen molar-refractivity contribution >= 4 is 27.9 Å². The number of rotatable bonds is 4. The molecule has 0 aliphatic heterocycles. The third-order valence-electron chi connectivity index (χ3n) is 3.03. The number of hydrogen-bond donors (Lipinski definition) is 1. The Kier molecular flexibility index (Phi) is 4.45. The molecule has 3 nitrogen and oxygen atoms in total. The summed E-state index contributed by atoms with van der Waals surface area (Å²) in [7, 11) is 0. The van der Waals surface area contributed by atoms with Gasteiger partial charge in [-0.2, -0.15) is 0 Å². The molecule has 2 N–H and O–H groups in total. The maximum Gasteiger partial charge on any atom is 0.241 e. The lowest BCUT2D eigenvalue weighted by molar-refractivity contribution is -0.113. The Morgan fingerprint density at radius 2 is 2.15 bits per heavy atom. The number of halogens is 1. The van der Waals surface area contributed by atoms with Gasteiger partial charge in [0.15, 0.2) is 0 Å². The van der Waals surface area contributed by atoms with Crippen molar-refractivity contribution in [2.45, 2.75) is 20.3 Å². The molecule has 2 rings (SSSR count). The van der Waals surface area contributed by atoms with Crippen LogP contribution in [0.25, 0.3) is 17.4 Å². The average Bonchev–Trinajstić information content (AvgIpc) is 2.88. The van der Waals surface area contributed by atoms with Gasteiger partial charge in [-0.1, -0.05) is 22.9 Å². The summed E-state index contributed by atoms with van der Waals surface area (Å²) in [5.41, 5.74) is 8.50. The summed E-state index contributed by atoms with van der Waals surface area (Å²) < 4.78 is 6.85. The molecule has 0 aliphatic rings. The van der Waals surface area contributed by atoms with E-state index in [0.29, 0.717) is 5.76 Å². The Balaban J connectivity index is 2.37. The highest BCUT2D eigenvalue weighted by molar-refractivity contribution is 9.10. The second-order valence-corrected chi connectivity index (χ2v) is 5.35. The van der Waals surface area contributed by atoms with Crippen LogP contribution in [-0.2, 0) is 11.2 Å². The van der Waals surface area contributed by atoms with Gasteiger partial charge in [-0.05, 0) is 54.8 Å². The van der Waals surface area contributed by atoms with Gasteiger partial charge in [-0.15, -0.1) is 0 Å². The number of furan rings is 1. The summed E-state index contributed by atoms with van der Waals surface area (Å²) >= 11 is 3.60. The second kappa shape index (κ2) is 6.09. The molecule has 1 aromatic heterocycles. The molecule has 0 fully saturated rings. The van der Waals surface area contributed by atoms with E-state index in [-0.39, 0.29) is 0 Å². The fourth-order valence-electron chi connectivity index (χ4n) is 2.00. The van der Waals surface area contributed by atoms with Gasteiger partial charge < -0.3 is 10.2 Å².